The molecule has 1 aromatic rings. The van der Waals surface area contributed by atoms with Crippen molar-refractivity contribution in [3.05, 3.63) is 33.3 Å². The summed E-state index contributed by atoms with van der Waals surface area (Å²) >= 11 is 3.22. The van der Waals surface area contributed by atoms with Crippen molar-refractivity contribution in [2.24, 2.45) is 0 Å². The summed E-state index contributed by atoms with van der Waals surface area (Å²) in [6.45, 7) is 0. The molecule has 0 aliphatic heterocycles. The van der Waals surface area contributed by atoms with Gasteiger partial charge in [0.2, 0.25) is 0 Å². The molecule has 1 rings (SSSR count). The Morgan fingerprint density at radius 2 is 2.07 bits per heavy atom. The topological polar surface area (TPSA) is 80.4 Å². The molecule has 0 saturated carbocycles. The molecule has 1 N–H and O–H groups in total. The normalized spacial score (nSPS) is 11.6. The summed E-state index contributed by atoms with van der Waals surface area (Å²) < 4.78 is 19.3. The van der Waals surface area contributed by atoms with E-state index >= 15 is 0 Å². The van der Waals surface area contributed by atoms with Gasteiger partial charge in [-0.2, -0.15) is 0 Å². The number of nitro benzene ring substituents is 1. The fourth-order valence-corrected chi connectivity index (χ4v) is 1.51. The molecule has 14 heavy (non-hydrogen) atoms. The van der Waals surface area contributed by atoms with Gasteiger partial charge in [-0.25, -0.2) is 4.21 Å². The van der Waals surface area contributed by atoms with Crippen LogP contribution in [-0.4, -0.2) is 43.2 Å². The van der Waals surface area contributed by atoms with Crippen LogP contribution in [0.5, 0.6) is 0 Å². The molecule has 0 bridgehead atoms. The second kappa shape index (κ2) is 5.79. The molecule has 5 nitrogen and oxygen atoms in total. The molecule has 1 aromatic carbocycles. The molecule has 0 aliphatic rings. The third kappa shape index (κ3) is 3.30. The molecule has 0 spiro atoms. The van der Waals surface area contributed by atoms with Crippen molar-refractivity contribution in [1.29, 1.82) is 0 Å². The van der Waals surface area contributed by atoms with Gasteiger partial charge in [0, 0.05) is 12.1 Å². The number of hydrogen-bond donors (Lipinski definition) is 1. The first kappa shape index (κ1) is 14.0. The number of benzene rings is 1. The van der Waals surface area contributed by atoms with Gasteiger partial charge in [0.25, 0.3) is 5.69 Å². The Kier molecular flexibility index (Phi) is 5.80. The summed E-state index contributed by atoms with van der Waals surface area (Å²) in [4.78, 5) is 9.45. The zero-order valence-corrected chi connectivity index (χ0v) is 7.71. The van der Waals surface area contributed by atoms with E-state index in [2.05, 4.69) is 0 Å². The number of nitrogens with zero attached hydrogens (tertiary/aromatic N) is 1. The summed E-state index contributed by atoms with van der Waals surface area (Å²) in [5.74, 6) is 0. The second-order valence-electron chi connectivity index (χ2n) is 2.12. The minimum atomic E-state index is -2.30. The van der Waals surface area contributed by atoms with E-state index in [0.29, 0.717) is 0 Å². The third-order valence-electron chi connectivity index (χ3n) is 1.31. The summed E-state index contributed by atoms with van der Waals surface area (Å²) in [5, 5.41) is 10.3. The molecule has 0 heterocycles. The molecule has 0 amide bonds. The van der Waals surface area contributed by atoms with E-state index in [-0.39, 0.29) is 45.2 Å². The molecule has 1 atom stereocenters. The predicted octanol–water partition coefficient (Wildman–Crippen LogP) is 1.18. The molecule has 8 heteroatoms. The van der Waals surface area contributed by atoms with Crippen LogP contribution in [0.1, 0.15) is 0 Å². The van der Waals surface area contributed by atoms with Gasteiger partial charge < -0.3 is 4.55 Å². The Bertz CT molecular complexity index is 386. The molecule has 0 aromatic heterocycles. The Morgan fingerprint density at radius 3 is 2.50 bits per heavy atom. The van der Waals surface area contributed by atoms with Gasteiger partial charge in [-0.15, -0.1) is 0 Å². The predicted molar refractivity (Wildman–Crippen MR) is 54.3 cm³/mol. The van der Waals surface area contributed by atoms with Crippen LogP contribution in [0.2, 0.25) is 5.02 Å². The molecular weight excluding hydrogens is 241 g/mol. The van der Waals surface area contributed by atoms with E-state index in [1.165, 1.54) is 12.1 Å². The van der Waals surface area contributed by atoms with E-state index < -0.39 is 16.0 Å². The number of hydrogen-bond acceptors (Lipinski definition) is 3. The quantitative estimate of drug-likeness (QED) is 0.367. The van der Waals surface area contributed by atoms with Crippen LogP contribution in [0, 0.1) is 10.1 Å². The number of rotatable bonds is 2. The number of non-ortho nitro benzene ring substituents is 1. The van der Waals surface area contributed by atoms with Gasteiger partial charge in [0.1, 0.15) is 0 Å². The van der Waals surface area contributed by atoms with Crippen LogP contribution in [0.15, 0.2) is 23.1 Å². The van der Waals surface area contributed by atoms with Crippen LogP contribution in [0.25, 0.3) is 0 Å². The van der Waals surface area contributed by atoms with Gasteiger partial charge >= 0.3 is 29.6 Å². The average Bonchev–Trinajstić information content (AvgIpc) is 2.04. The van der Waals surface area contributed by atoms with E-state index in [9.17, 15) is 14.3 Å². The number of nitro groups is 1. The minimum absolute atomic E-state index is 0. The average molecular weight is 246 g/mol. The second-order valence-corrected chi connectivity index (χ2v) is 3.47. The SMILES string of the molecule is O=[N+]([O-])c1ccc(Cl)c(S(=O)O)c1.[NaH]. The maximum atomic E-state index is 10.6. The maximum absolute atomic E-state index is 10.6. The van der Waals surface area contributed by atoms with Crippen LogP contribution in [0.4, 0.5) is 5.69 Å². The van der Waals surface area contributed by atoms with Crippen LogP contribution in [-0.2, 0) is 11.1 Å². The fraction of sp³-hybridized carbons (Fsp3) is 0. The Balaban J connectivity index is 0.00000169. The third-order valence-corrected chi connectivity index (χ3v) is 2.47. The Labute approximate surface area is 109 Å². The van der Waals surface area contributed by atoms with E-state index in [4.69, 9.17) is 16.2 Å². The molecule has 72 valence electrons. The van der Waals surface area contributed by atoms with Crippen molar-refractivity contribution >= 4 is 57.9 Å². The van der Waals surface area contributed by atoms with Gasteiger partial charge in [-0.05, 0) is 6.07 Å². The summed E-state index contributed by atoms with van der Waals surface area (Å²) in [6.07, 6.45) is 0. The first-order valence-electron chi connectivity index (χ1n) is 3.07. The van der Waals surface area contributed by atoms with Crippen LogP contribution < -0.4 is 0 Å². The van der Waals surface area contributed by atoms with Gasteiger partial charge in [0.05, 0.1) is 14.8 Å². The summed E-state index contributed by atoms with van der Waals surface area (Å²) in [5.41, 5.74) is -0.262. The molecule has 0 fully saturated rings. The molecule has 0 radical (unpaired) electrons. The first-order valence-corrected chi connectivity index (χ1v) is 4.55. The Hall–Kier alpha value is 0.0200. The summed E-state index contributed by atoms with van der Waals surface area (Å²) in [7, 11) is 0. The van der Waals surface area contributed by atoms with E-state index in [1.807, 2.05) is 0 Å². The van der Waals surface area contributed by atoms with Crippen molar-refractivity contribution < 1.29 is 13.7 Å². The zero-order valence-electron chi connectivity index (χ0n) is 6.14. The van der Waals surface area contributed by atoms with Gasteiger partial charge in [-0.3, -0.25) is 10.1 Å². The standard InChI is InChI=1S/C6H4ClNO4S.Na.H/c7-5-2-1-4(8(9)10)3-6(5)13(11)12;;/h1-3H,(H,11,12);;. The van der Waals surface area contributed by atoms with Crippen molar-refractivity contribution in [3.63, 3.8) is 0 Å². The molecular formula is C6H5ClNNaO4S. The summed E-state index contributed by atoms with van der Waals surface area (Å²) in [6, 6.07) is 3.35. The number of halogens is 1. The first-order chi connectivity index (χ1) is 6.02. The fourth-order valence-electron chi connectivity index (χ4n) is 0.739. The van der Waals surface area contributed by atoms with Gasteiger partial charge in [0.15, 0.2) is 11.1 Å². The van der Waals surface area contributed by atoms with E-state index in [1.54, 1.807) is 0 Å². The van der Waals surface area contributed by atoms with Crippen LogP contribution >= 0.6 is 11.6 Å². The van der Waals surface area contributed by atoms with Crippen LogP contribution in [0.3, 0.4) is 0 Å². The van der Waals surface area contributed by atoms with Crippen molar-refractivity contribution in [1.82, 2.24) is 0 Å². The van der Waals surface area contributed by atoms with E-state index in [0.717, 1.165) is 6.07 Å². The Morgan fingerprint density at radius 1 is 1.50 bits per heavy atom. The molecule has 1 unspecified atom stereocenters. The zero-order chi connectivity index (χ0) is 10.0. The monoisotopic (exact) mass is 245 g/mol. The van der Waals surface area contributed by atoms with Gasteiger partial charge in [-0.1, -0.05) is 11.6 Å². The molecule has 0 saturated heterocycles. The molecule has 0 aliphatic carbocycles. The van der Waals surface area contributed by atoms with Crippen molar-refractivity contribution in [2.45, 2.75) is 4.90 Å². The van der Waals surface area contributed by atoms with Crippen molar-refractivity contribution in [2.75, 3.05) is 0 Å². The van der Waals surface area contributed by atoms with Crippen molar-refractivity contribution in [3.8, 4) is 0 Å².